The number of thiophene rings is 1. The molecule has 4 heteroatoms. The molecule has 2 nitrogen and oxygen atoms in total. The molecule has 2 rings (SSSR count). The average Bonchev–Trinajstić information content (AvgIpc) is 2.86. The molecule has 0 radical (unpaired) electrons. The van der Waals surface area contributed by atoms with Gasteiger partial charge in [-0.2, -0.15) is 0 Å². The lowest BCUT2D eigenvalue weighted by Gasteiger charge is -2.17. The van der Waals surface area contributed by atoms with E-state index in [4.69, 9.17) is 0 Å². The molecule has 2 aromatic heterocycles. The summed E-state index contributed by atoms with van der Waals surface area (Å²) in [6.07, 6.45) is 4.93. The Morgan fingerprint density at radius 3 is 2.68 bits per heavy atom. The second-order valence-corrected chi connectivity index (χ2v) is 5.73. The fraction of sp³-hybridized carbons (Fsp3) is 0.400. The van der Waals surface area contributed by atoms with E-state index in [1.165, 1.54) is 16.0 Å². The first-order valence-corrected chi connectivity index (χ1v) is 7.46. The van der Waals surface area contributed by atoms with E-state index in [0.717, 1.165) is 24.9 Å². The van der Waals surface area contributed by atoms with E-state index < -0.39 is 0 Å². The smallest absolute Gasteiger partial charge is 0.141 e. The van der Waals surface area contributed by atoms with Gasteiger partial charge in [0.2, 0.25) is 0 Å². The van der Waals surface area contributed by atoms with Gasteiger partial charge in [-0.15, -0.1) is 11.3 Å². The van der Waals surface area contributed by atoms with Gasteiger partial charge < -0.3 is 5.32 Å². The van der Waals surface area contributed by atoms with Crippen LogP contribution in [0.4, 0.5) is 4.39 Å². The van der Waals surface area contributed by atoms with Crippen molar-refractivity contribution < 1.29 is 4.39 Å². The fourth-order valence-corrected chi connectivity index (χ4v) is 3.10. The van der Waals surface area contributed by atoms with E-state index in [2.05, 4.69) is 36.3 Å². The van der Waals surface area contributed by atoms with Crippen LogP contribution in [0.1, 0.15) is 35.2 Å². The molecule has 19 heavy (non-hydrogen) atoms. The third-order valence-electron chi connectivity index (χ3n) is 3.05. The minimum Gasteiger partial charge on any atom is -0.310 e. The lowest BCUT2D eigenvalue weighted by atomic mass is 10.0. The minimum atomic E-state index is -0.277. The molecular weight excluding hydrogens is 259 g/mol. The van der Waals surface area contributed by atoms with Gasteiger partial charge in [-0.1, -0.05) is 13.8 Å². The van der Waals surface area contributed by atoms with Crippen LogP contribution in [0.25, 0.3) is 0 Å². The largest absolute Gasteiger partial charge is 0.310 e. The van der Waals surface area contributed by atoms with Gasteiger partial charge in [-0.3, -0.25) is 4.98 Å². The summed E-state index contributed by atoms with van der Waals surface area (Å²) < 4.78 is 13.3. The third-order valence-corrected chi connectivity index (χ3v) is 4.30. The highest BCUT2D eigenvalue weighted by Gasteiger charge is 2.13. The molecule has 1 atom stereocenters. The monoisotopic (exact) mass is 278 g/mol. The molecule has 102 valence electrons. The molecular formula is C15H19FN2S. The summed E-state index contributed by atoms with van der Waals surface area (Å²) in [4.78, 5) is 6.66. The first-order chi connectivity index (χ1) is 9.22. The Labute approximate surface area is 117 Å². The first-order valence-electron chi connectivity index (χ1n) is 6.64. The van der Waals surface area contributed by atoms with E-state index in [1.807, 2.05) is 11.3 Å². The lowest BCUT2D eigenvalue weighted by molar-refractivity contribution is 0.542. The second-order valence-electron chi connectivity index (χ2n) is 4.47. The maximum atomic E-state index is 13.3. The molecule has 0 aliphatic carbocycles. The number of aryl methyl sites for hydroxylation is 1. The number of nitrogens with zero attached hydrogens (tertiary/aromatic N) is 1. The standard InChI is InChI=1S/C15H19FN2S/c1-3-13-5-6-14(19-13)8-15(18-4-2)11-7-12(16)10-17-9-11/h5-7,9-10,15,18H,3-4,8H2,1-2H3. The summed E-state index contributed by atoms with van der Waals surface area (Å²) >= 11 is 1.83. The van der Waals surface area contributed by atoms with E-state index in [0.29, 0.717) is 0 Å². The zero-order chi connectivity index (χ0) is 13.7. The van der Waals surface area contributed by atoms with Gasteiger partial charge in [-0.25, -0.2) is 4.39 Å². The number of hydrogen-bond acceptors (Lipinski definition) is 3. The molecule has 2 aromatic rings. The SMILES string of the molecule is CCNC(Cc1ccc(CC)s1)c1cncc(F)c1. The zero-order valence-electron chi connectivity index (χ0n) is 11.3. The Balaban J connectivity index is 2.15. The number of hydrogen-bond donors (Lipinski definition) is 1. The van der Waals surface area contributed by atoms with Crippen LogP contribution in [0.2, 0.25) is 0 Å². The van der Waals surface area contributed by atoms with Crippen LogP contribution in [-0.4, -0.2) is 11.5 Å². The topological polar surface area (TPSA) is 24.9 Å². The molecule has 0 aliphatic rings. The van der Waals surface area contributed by atoms with Crippen LogP contribution in [0.3, 0.4) is 0 Å². The van der Waals surface area contributed by atoms with E-state index >= 15 is 0 Å². The number of nitrogens with one attached hydrogen (secondary N) is 1. The van der Waals surface area contributed by atoms with Crippen LogP contribution in [-0.2, 0) is 12.8 Å². The fourth-order valence-electron chi connectivity index (χ4n) is 2.10. The Bertz CT molecular complexity index is 524. The van der Waals surface area contributed by atoms with Gasteiger partial charge in [0.15, 0.2) is 0 Å². The van der Waals surface area contributed by atoms with Gasteiger partial charge >= 0.3 is 0 Å². The predicted molar refractivity (Wildman–Crippen MR) is 78.0 cm³/mol. The number of halogens is 1. The quantitative estimate of drug-likeness (QED) is 0.870. The van der Waals surface area contributed by atoms with Crippen molar-refractivity contribution in [3.63, 3.8) is 0 Å². The molecule has 0 bridgehead atoms. The Morgan fingerprint density at radius 1 is 1.26 bits per heavy atom. The molecule has 0 fully saturated rings. The van der Waals surface area contributed by atoms with Crippen molar-refractivity contribution in [3.8, 4) is 0 Å². The van der Waals surface area contributed by atoms with Crippen molar-refractivity contribution >= 4 is 11.3 Å². The predicted octanol–water partition coefficient (Wildman–Crippen LogP) is 3.74. The van der Waals surface area contributed by atoms with Gasteiger partial charge in [0.1, 0.15) is 5.82 Å². The number of aromatic nitrogens is 1. The molecule has 0 saturated carbocycles. The highest BCUT2D eigenvalue weighted by molar-refractivity contribution is 7.11. The third kappa shape index (κ3) is 3.85. The molecule has 1 N–H and O–H groups in total. The van der Waals surface area contributed by atoms with Gasteiger partial charge in [-0.05, 0) is 36.7 Å². The molecule has 1 unspecified atom stereocenters. The summed E-state index contributed by atoms with van der Waals surface area (Å²) in [5, 5.41) is 3.40. The molecule has 0 amide bonds. The van der Waals surface area contributed by atoms with Gasteiger partial charge in [0, 0.05) is 28.4 Å². The summed E-state index contributed by atoms with van der Waals surface area (Å²) in [6.45, 7) is 5.08. The van der Waals surface area contributed by atoms with E-state index in [9.17, 15) is 4.39 Å². The van der Waals surface area contributed by atoms with Crippen molar-refractivity contribution in [2.75, 3.05) is 6.54 Å². The van der Waals surface area contributed by atoms with Crippen molar-refractivity contribution in [1.82, 2.24) is 10.3 Å². The van der Waals surface area contributed by atoms with Crippen molar-refractivity contribution in [2.24, 2.45) is 0 Å². The summed E-state index contributed by atoms with van der Waals surface area (Å²) in [5.41, 5.74) is 0.910. The number of rotatable bonds is 6. The van der Waals surface area contributed by atoms with Gasteiger partial charge in [0.25, 0.3) is 0 Å². The summed E-state index contributed by atoms with van der Waals surface area (Å²) in [5.74, 6) is -0.277. The average molecular weight is 278 g/mol. The van der Waals surface area contributed by atoms with Crippen molar-refractivity contribution in [2.45, 2.75) is 32.7 Å². The Kier molecular flexibility index (Phi) is 5.05. The van der Waals surface area contributed by atoms with Crippen LogP contribution < -0.4 is 5.32 Å². The van der Waals surface area contributed by atoms with E-state index in [1.54, 1.807) is 12.3 Å². The molecule has 0 aliphatic heterocycles. The Hall–Kier alpha value is -1.26. The van der Waals surface area contributed by atoms with Crippen LogP contribution in [0.5, 0.6) is 0 Å². The van der Waals surface area contributed by atoms with Crippen LogP contribution >= 0.6 is 11.3 Å². The van der Waals surface area contributed by atoms with Crippen molar-refractivity contribution in [1.29, 1.82) is 0 Å². The Morgan fingerprint density at radius 2 is 2.05 bits per heavy atom. The minimum absolute atomic E-state index is 0.122. The number of pyridine rings is 1. The lowest BCUT2D eigenvalue weighted by Crippen LogP contribution is -2.22. The van der Waals surface area contributed by atoms with Crippen molar-refractivity contribution in [3.05, 3.63) is 51.7 Å². The molecule has 0 saturated heterocycles. The normalized spacial score (nSPS) is 12.6. The van der Waals surface area contributed by atoms with E-state index in [-0.39, 0.29) is 11.9 Å². The highest BCUT2D eigenvalue weighted by atomic mass is 32.1. The van der Waals surface area contributed by atoms with Crippen LogP contribution in [0.15, 0.2) is 30.6 Å². The summed E-state index contributed by atoms with van der Waals surface area (Å²) in [6, 6.07) is 6.03. The zero-order valence-corrected chi connectivity index (χ0v) is 12.1. The summed E-state index contributed by atoms with van der Waals surface area (Å²) in [7, 11) is 0. The van der Waals surface area contributed by atoms with Gasteiger partial charge in [0.05, 0.1) is 6.20 Å². The molecule has 0 spiro atoms. The number of likely N-dealkylation sites (N-methyl/N-ethyl adjacent to an activating group) is 1. The maximum absolute atomic E-state index is 13.3. The first kappa shape index (κ1) is 14.2. The maximum Gasteiger partial charge on any atom is 0.141 e. The molecule has 0 aromatic carbocycles. The molecule has 2 heterocycles. The second kappa shape index (κ2) is 6.78. The highest BCUT2D eigenvalue weighted by Crippen LogP contribution is 2.24. The van der Waals surface area contributed by atoms with Crippen LogP contribution in [0, 0.1) is 5.82 Å².